The molecule has 0 aromatic carbocycles. The molecule has 0 aromatic rings. The van der Waals surface area contributed by atoms with Crippen molar-refractivity contribution in [3.8, 4) is 0 Å². The van der Waals surface area contributed by atoms with Gasteiger partial charge < -0.3 is 14.2 Å². The first-order chi connectivity index (χ1) is 30.5. The number of hydrogen-bond donors (Lipinski definition) is 0. The summed E-state index contributed by atoms with van der Waals surface area (Å²) in [5.74, 6) is -1.08. The van der Waals surface area contributed by atoms with E-state index in [1.807, 2.05) is 6.08 Å². The van der Waals surface area contributed by atoms with Gasteiger partial charge in [0, 0.05) is 12.8 Å². The molecule has 0 spiro atoms. The number of rotatable bonds is 44. The van der Waals surface area contributed by atoms with Crippen molar-refractivity contribution >= 4 is 17.9 Å². The van der Waals surface area contributed by atoms with Crippen molar-refractivity contribution < 1.29 is 28.6 Å². The second-order valence-corrected chi connectivity index (χ2v) is 16.4. The van der Waals surface area contributed by atoms with Crippen LogP contribution in [0.5, 0.6) is 0 Å². The maximum Gasteiger partial charge on any atom is 0.309 e. The monoisotopic (exact) mass is 861 g/mol. The Morgan fingerprint density at radius 2 is 0.758 bits per heavy atom. The van der Waals surface area contributed by atoms with Crippen molar-refractivity contribution in [2.24, 2.45) is 0 Å². The number of carbonyl (C=O) groups excluding carboxylic acids is 3. The van der Waals surface area contributed by atoms with Crippen LogP contribution in [0.15, 0.2) is 97.2 Å². The third kappa shape index (κ3) is 47.4. The van der Waals surface area contributed by atoms with Crippen LogP contribution in [0.25, 0.3) is 0 Å². The lowest BCUT2D eigenvalue weighted by Crippen LogP contribution is -2.30. The van der Waals surface area contributed by atoms with Crippen molar-refractivity contribution in [1.82, 2.24) is 0 Å². The normalized spacial score (nSPS) is 12.9. The summed E-state index contributed by atoms with van der Waals surface area (Å²) >= 11 is 0. The van der Waals surface area contributed by atoms with E-state index in [2.05, 4.69) is 106 Å². The average molecular weight is 861 g/mol. The van der Waals surface area contributed by atoms with E-state index in [1.165, 1.54) is 96.3 Å². The van der Waals surface area contributed by atoms with Crippen LogP contribution in [-0.4, -0.2) is 37.2 Å². The summed E-state index contributed by atoms with van der Waals surface area (Å²) in [7, 11) is 0. The van der Waals surface area contributed by atoms with E-state index in [9.17, 15) is 14.4 Å². The quantitative estimate of drug-likeness (QED) is 0.0200. The van der Waals surface area contributed by atoms with Crippen molar-refractivity contribution in [2.45, 2.75) is 226 Å². The predicted octanol–water partition coefficient (Wildman–Crippen LogP) is 16.6. The molecule has 0 radical (unpaired) electrons. The molecule has 0 saturated carbocycles. The van der Waals surface area contributed by atoms with Crippen LogP contribution in [0.2, 0.25) is 0 Å². The van der Waals surface area contributed by atoms with Gasteiger partial charge in [0.15, 0.2) is 6.10 Å². The number of hydrogen-bond acceptors (Lipinski definition) is 6. The van der Waals surface area contributed by atoms with Gasteiger partial charge in [-0.25, -0.2) is 0 Å². The molecule has 352 valence electrons. The highest BCUT2D eigenvalue weighted by atomic mass is 16.6. The summed E-state index contributed by atoms with van der Waals surface area (Å²) in [5, 5.41) is 0. The van der Waals surface area contributed by atoms with Gasteiger partial charge >= 0.3 is 17.9 Å². The molecule has 0 saturated heterocycles. The molecular formula is C56H92O6. The van der Waals surface area contributed by atoms with Gasteiger partial charge in [-0.1, -0.05) is 214 Å². The van der Waals surface area contributed by atoms with Crippen molar-refractivity contribution in [3.63, 3.8) is 0 Å². The lowest BCUT2D eigenvalue weighted by Gasteiger charge is -2.18. The summed E-state index contributed by atoms with van der Waals surface area (Å²) in [6.45, 7) is 6.35. The Morgan fingerprint density at radius 3 is 1.29 bits per heavy atom. The van der Waals surface area contributed by atoms with Gasteiger partial charge in [0.2, 0.25) is 0 Å². The lowest BCUT2D eigenvalue weighted by atomic mass is 10.1. The van der Waals surface area contributed by atoms with Crippen LogP contribution in [0, 0.1) is 0 Å². The Hall–Kier alpha value is -3.67. The van der Waals surface area contributed by atoms with E-state index in [1.54, 1.807) is 6.08 Å². The summed E-state index contributed by atoms with van der Waals surface area (Å²) in [5.41, 5.74) is 0. The largest absolute Gasteiger partial charge is 0.462 e. The maximum atomic E-state index is 12.8. The molecule has 1 atom stereocenters. The fourth-order valence-electron chi connectivity index (χ4n) is 6.63. The van der Waals surface area contributed by atoms with Crippen molar-refractivity contribution in [3.05, 3.63) is 97.2 Å². The Balaban J connectivity index is 4.44. The van der Waals surface area contributed by atoms with Gasteiger partial charge in [0.25, 0.3) is 0 Å². The molecule has 0 amide bonds. The molecule has 0 aliphatic heterocycles. The minimum absolute atomic E-state index is 0.120. The molecule has 0 heterocycles. The second kappa shape index (κ2) is 50.0. The molecule has 6 heteroatoms. The highest BCUT2D eigenvalue weighted by Crippen LogP contribution is 2.13. The lowest BCUT2D eigenvalue weighted by molar-refractivity contribution is -0.166. The third-order valence-electron chi connectivity index (χ3n) is 10.4. The molecule has 0 aliphatic carbocycles. The minimum atomic E-state index is -0.825. The molecule has 0 rings (SSSR count). The van der Waals surface area contributed by atoms with Crippen LogP contribution in [0.4, 0.5) is 0 Å². The molecular weight excluding hydrogens is 769 g/mol. The molecule has 0 aliphatic rings. The van der Waals surface area contributed by atoms with Crippen molar-refractivity contribution in [2.75, 3.05) is 13.2 Å². The molecule has 0 fully saturated rings. The van der Waals surface area contributed by atoms with Gasteiger partial charge in [-0.15, -0.1) is 0 Å². The zero-order valence-corrected chi connectivity index (χ0v) is 40.1. The van der Waals surface area contributed by atoms with E-state index in [0.29, 0.717) is 12.8 Å². The van der Waals surface area contributed by atoms with E-state index in [4.69, 9.17) is 14.2 Å². The number of carbonyl (C=O) groups is 3. The Bertz CT molecular complexity index is 1260. The number of unbranched alkanes of at least 4 members (excludes halogenated alkanes) is 21. The Kier molecular flexibility index (Phi) is 47.0. The minimum Gasteiger partial charge on any atom is -0.462 e. The van der Waals surface area contributed by atoms with Gasteiger partial charge in [0.1, 0.15) is 13.2 Å². The number of ether oxygens (including phenoxy) is 3. The average Bonchev–Trinajstić information content (AvgIpc) is 3.27. The molecule has 0 aromatic heterocycles. The van der Waals surface area contributed by atoms with Crippen LogP contribution in [-0.2, 0) is 28.6 Å². The first kappa shape index (κ1) is 58.3. The molecule has 0 bridgehead atoms. The Labute approximate surface area is 381 Å². The SMILES string of the molecule is CC/C=C\C/C=C\C/C=C\CC(=O)OCC(COC(=O)CCCCCCC\C=C/C=C\C=C/C=C\CCCCC)OC(=O)CCCCCCCCC/C=C\CCCCCCCC. The maximum absolute atomic E-state index is 12.8. The van der Waals surface area contributed by atoms with E-state index in [0.717, 1.165) is 83.5 Å². The standard InChI is InChI=1S/C56H92O6/c1-4-7-10-13-16-19-21-23-25-27-29-30-32-34-37-40-43-46-49-55(58)61-52-53(51-60-54(57)48-45-42-39-36-18-15-12-9-6-3)62-56(59)50-47-44-41-38-35-33-31-28-26-24-22-20-17-14-11-8-5-2/h9,12,16,18-19,21,23-27,29-30,36,42,45,53H,4-8,10-11,13-15,17,20,22,28,31-35,37-41,43-44,46-52H2,1-3H3/b12-9-,19-16-,23-21-,26-24-,27-25-,30-29-,36-18-,45-42-. The molecule has 6 nitrogen and oxygen atoms in total. The fraction of sp³-hybridized carbons (Fsp3) is 0.661. The van der Waals surface area contributed by atoms with Crippen LogP contribution >= 0.6 is 0 Å². The summed E-state index contributed by atoms with van der Waals surface area (Å²) in [6, 6.07) is 0. The van der Waals surface area contributed by atoms with Crippen LogP contribution in [0.3, 0.4) is 0 Å². The number of allylic oxidation sites excluding steroid dienone is 15. The zero-order chi connectivity index (χ0) is 45.1. The van der Waals surface area contributed by atoms with Crippen LogP contribution < -0.4 is 0 Å². The van der Waals surface area contributed by atoms with E-state index in [-0.39, 0.29) is 31.6 Å². The fourth-order valence-corrected chi connectivity index (χ4v) is 6.63. The summed E-state index contributed by atoms with van der Waals surface area (Å²) in [4.78, 5) is 37.8. The highest BCUT2D eigenvalue weighted by molar-refractivity contribution is 5.72. The van der Waals surface area contributed by atoms with E-state index >= 15 is 0 Å². The van der Waals surface area contributed by atoms with Gasteiger partial charge in [0.05, 0.1) is 6.42 Å². The van der Waals surface area contributed by atoms with Gasteiger partial charge in [-0.2, -0.15) is 0 Å². The topological polar surface area (TPSA) is 78.9 Å². The van der Waals surface area contributed by atoms with Gasteiger partial charge in [-0.05, 0) is 83.5 Å². The third-order valence-corrected chi connectivity index (χ3v) is 10.4. The Morgan fingerprint density at radius 1 is 0.371 bits per heavy atom. The van der Waals surface area contributed by atoms with Crippen LogP contribution in [0.1, 0.15) is 220 Å². The second-order valence-electron chi connectivity index (χ2n) is 16.4. The highest BCUT2D eigenvalue weighted by Gasteiger charge is 2.19. The first-order valence-corrected chi connectivity index (χ1v) is 25.3. The molecule has 1 unspecified atom stereocenters. The van der Waals surface area contributed by atoms with Crippen molar-refractivity contribution in [1.29, 1.82) is 0 Å². The summed E-state index contributed by atoms with van der Waals surface area (Å²) in [6.07, 6.45) is 65.6. The molecule has 62 heavy (non-hydrogen) atoms. The molecule has 0 N–H and O–H groups in total. The summed E-state index contributed by atoms with van der Waals surface area (Å²) < 4.78 is 16.6. The number of esters is 3. The smallest absolute Gasteiger partial charge is 0.309 e. The first-order valence-electron chi connectivity index (χ1n) is 25.3. The van der Waals surface area contributed by atoms with Gasteiger partial charge in [-0.3, -0.25) is 14.4 Å². The zero-order valence-electron chi connectivity index (χ0n) is 40.1. The predicted molar refractivity (Wildman–Crippen MR) is 265 cm³/mol. The van der Waals surface area contributed by atoms with E-state index < -0.39 is 12.1 Å².